The van der Waals surface area contributed by atoms with Gasteiger partial charge in [0, 0.05) is 31.4 Å². The molecule has 9 heteroatoms. The van der Waals surface area contributed by atoms with E-state index in [4.69, 9.17) is 14.5 Å². The molecular formula is C20H23N3O4S2. The van der Waals surface area contributed by atoms with E-state index in [0.717, 1.165) is 37.3 Å². The second-order valence-electron chi connectivity index (χ2n) is 6.84. The van der Waals surface area contributed by atoms with E-state index in [0.29, 0.717) is 28.0 Å². The molecule has 1 atom stereocenters. The van der Waals surface area contributed by atoms with Crippen LogP contribution in [-0.4, -0.2) is 53.3 Å². The van der Waals surface area contributed by atoms with Crippen LogP contribution in [0, 0.1) is 0 Å². The number of ether oxygens (including phenoxy) is 2. The molecule has 0 aliphatic carbocycles. The Morgan fingerprint density at radius 1 is 1.48 bits per heavy atom. The summed E-state index contributed by atoms with van der Waals surface area (Å²) in [6, 6.07) is 7.31. The molecule has 2 aliphatic heterocycles. The van der Waals surface area contributed by atoms with Crippen molar-refractivity contribution in [1.82, 2.24) is 14.9 Å². The first kappa shape index (κ1) is 20.3. The van der Waals surface area contributed by atoms with Crippen LogP contribution in [-0.2, 0) is 16.0 Å². The van der Waals surface area contributed by atoms with Gasteiger partial charge in [0.25, 0.3) is 5.56 Å². The van der Waals surface area contributed by atoms with Crippen molar-refractivity contribution in [2.75, 3.05) is 31.8 Å². The van der Waals surface area contributed by atoms with Gasteiger partial charge in [-0.25, -0.2) is 4.98 Å². The van der Waals surface area contributed by atoms with E-state index in [1.165, 1.54) is 23.5 Å². The number of carbonyl (C=O) groups is 1. The Kier molecular flexibility index (Phi) is 6.46. The van der Waals surface area contributed by atoms with Crippen LogP contribution >= 0.6 is 23.5 Å². The van der Waals surface area contributed by atoms with Crippen LogP contribution in [0.2, 0.25) is 0 Å². The smallest absolute Gasteiger partial charge is 0.272 e. The lowest BCUT2D eigenvalue weighted by atomic mass is 10.2. The third-order valence-electron chi connectivity index (χ3n) is 4.86. The van der Waals surface area contributed by atoms with Crippen LogP contribution in [0.5, 0.6) is 5.75 Å². The van der Waals surface area contributed by atoms with E-state index >= 15 is 0 Å². The topological polar surface area (TPSA) is 82.4 Å². The molecule has 7 nitrogen and oxygen atoms in total. The number of amides is 1. The average molecular weight is 434 g/mol. The van der Waals surface area contributed by atoms with Gasteiger partial charge in [-0.05, 0) is 25.0 Å². The highest BCUT2D eigenvalue weighted by molar-refractivity contribution is 8.00. The molecular weight excluding hydrogens is 410 g/mol. The number of nitrogens with one attached hydrogen (secondary N) is 1. The number of nitrogens with zero attached hydrogens (tertiary/aromatic N) is 2. The van der Waals surface area contributed by atoms with Gasteiger partial charge in [-0.15, -0.1) is 11.8 Å². The highest BCUT2D eigenvalue weighted by atomic mass is 32.2. The Hall–Kier alpha value is -1.97. The summed E-state index contributed by atoms with van der Waals surface area (Å²) in [5.74, 6) is 1.61. The summed E-state index contributed by atoms with van der Waals surface area (Å²) in [5.41, 5.74) is 1.41. The van der Waals surface area contributed by atoms with Crippen molar-refractivity contribution in [3.63, 3.8) is 0 Å². The monoisotopic (exact) mass is 433 g/mol. The summed E-state index contributed by atoms with van der Waals surface area (Å²) in [7, 11) is 1.59. The van der Waals surface area contributed by atoms with Gasteiger partial charge in [-0.1, -0.05) is 17.8 Å². The zero-order valence-corrected chi connectivity index (χ0v) is 17.8. The van der Waals surface area contributed by atoms with Gasteiger partial charge < -0.3 is 14.8 Å². The minimum Gasteiger partial charge on any atom is -0.497 e. The lowest BCUT2D eigenvalue weighted by Crippen LogP contribution is -2.33. The Bertz CT molecular complexity index is 957. The molecule has 1 fully saturated rings. The summed E-state index contributed by atoms with van der Waals surface area (Å²) in [4.78, 5) is 30.9. The Balaban J connectivity index is 1.56. The van der Waals surface area contributed by atoms with Gasteiger partial charge in [-0.3, -0.25) is 14.2 Å². The molecule has 1 aromatic carbocycles. The van der Waals surface area contributed by atoms with Crippen molar-refractivity contribution in [1.29, 1.82) is 0 Å². The van der Waals surface area contributed by atoms with Crippen LogP contribution in [0.3, 0.4) is 0 Å². The van der Waals surface area contributed by atoms with Gasteiger partial charge in [0.15, 0.2) is 5.16 Å². The number of methoxy groups -OCH3 is 1. The number of hydrogen-bond acceptors (Lipinski definition) is 7. The van der Waals surface area contributed by atoms with Crippen LogP contribution in [0.25, 0.3) is 5.69 Å². The third-order valence-corrected chi connectivity index (χ3v) is 6.91. The van der Waals surface area contributed by atoms with Gasteiger partial charge in [0.05, 0.1) is 35.2 Å². The van der Waals surface area contributed by atoms with E-state index in [9.17, 15) is 9.59 Å². The van der Waals surface area contributed by atoms with Crippen molar-refractivity contribution in [2.45, 2.75) is 35.4 Å². The zero-order valence-electron chi connectivity index (χ0n) is 16.2. The molecule has 1 aromatic heterocycles. The highest BCUT2D eigenvalue weighted by Crippen LogP contribution is 2.30. The number of thioether (sulfide) groups is 2. The van der Waals surface area contributed by atoms with Crippen molar-refractivity contribution in [3.8, 4) is 11.4 Å². The number of fused-ring (bicyclic) bond motifs is 1. The normalized spacial score (nSPS) is 17.9. The average Bonchev–Trinajstić information content (AvgIpc) is 3.42. The van der Waals surface area contributed by atoms with Crippen molar-refractivity contribution < 1.29 is 14.3 Å². The quantitative estimate of drug-likeness (QED) is 0.530. The highest BCUT2D eigenvalue weighted by Gasteiger charge is 2.23. The lowest BCUT2D eigenvalue weighted by molar-refractivity contribution is -0.119. The lowest BCUT2D eigenvalue weighted by Gasteiger charge is -2.15. The van der Waals surface area contributed by atoms with Crippen molar-refractivity contribution in [2.24, 2.45) is 0 Å². The number of aromatic nitrogens is 2. The summed E-state index contributed by atoms with van der Waals surface area (Å²) in [6.45, 7) is 1.29. The SMILES string of the molecule is COc1cccc(-n2c(SCC(=O)NC[C@H]3CCCO3)nc3c(c2=O)SCC3)c1. The largest absolute Gasteiger partial charge is 0.497 e. The standard InChI is InChI=1S/C20H23N3O4S2/c1-26-14-5-2-4-13(10-14)23-19(25)18-16(7-9-28-18)22-20(23)29-12-17(24)21-11-15-6-3-8-27-15/h2,4-5,10,15H,3,6-9,11-12H2,1H3,(H,21,24)/t15-/m1/s1. The predicted octanol–water partition coefficient (Wildman–Crippen LogP) is 2.28. The number of carbonyl (C=O) groups excluding carboxylic acids is 1. The first-order chi connectivity index (χ1) is 14.2. The first-order valence-electron chi connectivity index (χ1n) is 9.60. The molecule has 29 heavy (non-hydrogen) atoms. The van der Waals surface area contributed by atoms with Gasteiger partial charge in [-0.2, -0.15) is 0 Å². The van der Waals surface area contributed by atoms with Gasteiger partial charge in [0.2, 0.25) is 5.91 Å². The van der Waals surface area contributed by atoms with Crippen LogP contribution < -0.4 is 15.6 Å². The third kappa shape index (κ3) is 4.62. The fourth-order valence-electron chi connectivity index (χ4n) is 3.38. The Morgan fingerprint density at radius 2 is 2.38 bits per heavy atom. The number of benzene rings is 1. The molecule has 0 saturated carbocycles. The molecule has 1 N–H and O–H groups in total. The van der Waals surface area contributed by atoms with Crippen LogP contribution in [0.15, 0.2) is 39.1 Å². The molecule has 1 saturated heterocycles. The minimum absolute atomic E-state index is 0.0898. The maximum Gasteiger partial charge on any atom is 0.272 e. The van der Waals surface area contributed by atoms with Gasteiger partial charge in [0.1, 0.15) is 5.75 Å². The van der Waals surface area contributed by atoms with Crippen LogP contribution in [0.4, 0.5) is 0 Å². The molecule has 0 bridgehead atoms. The summed E-state index contributed by atoms with van der Waals surface area (Å²) < 4.78 is 12.4. The van der Waals surface area contributed by atoms with E-state index in [2.05, 4.69) is 5.32 Å². The van der Waals surface area contributed by atoms with Crippen LogP contribution in [0.1, 0.15) is 18.5 Å². The van der Waals surface area contributed by atoms with E-state index in [1.54, 1.807) is 17.7 Å². The minimum atomic E-state index is -0.0909. The molecule has 0 spiro atoms. The Labute approximate surface area is 177 Å². The fourth-order valence-corrected chi connectivity index (χ4v) is 5.26. The molecule has 0 unspecified atom stereocenters. The summed E-state index contributed by atoms with van der Waals surface area (Å²) >= 11 is 2.81. The maximum atomic E-state index is 13.2. The van der Waals surface area contributed by atoms with E-state index in [-0.39, 0.29) is 23.3 Å². The second kappa shape index (κ2) is 9.23. The van der Waals surface area contributed by atoms with E-state index < -0.39 is 0 Å². The van der Waals surface area contributed by atoms with Gasteiger partial charge >= 0.3 is 0 Å². The Morgan fingerprint density at radius 3 is 3.17 bits per heavy atom. The zero-order chi connectivity index (χ0) is 20.2. The molecule has 3 heterocycles. The number of hydrogen-bond donors (Lipinski definition) is 1. The number of aryl methyl sites for hydroxylation is 1. The molecule has 154 valence electrons. The molecule has 4 rings (SSSR count). The molecule has 1 amide bonds. The first-order valence-corrected chi connectivity index (χ1v) is 11.6. The number of rotatable bonds is 7. The molecule has 2 aliphatic rings. The summed E-state index contributed by atoms with van der Waals surface area (Å²) in [5, 5.41) is 3.44. The second-order valence-corrected chi connectivity index (χ2v) is 8.89. The fraction of sp³-hybridized carbons (Fsp3) is 0.450. The molecule has 2 aromatic rings. The van der Waals surface area contributed by atoms with Crippen molar-refractivity contribution >= 4 is 29.4 Å². The van der Waals surface area contributed by atoms with Crippen molar-refractivity contribution in [3.05, 3.63) is 40.3 Å². The predicted molar refractivity (Wildman–Crippen MR) is 114 cm³/mol. The summed E-state index contributed by atoms with van der Waals surface area (Å²) in [6.07, 6.45) is 2.90. The maximum absolute atomic E-state index is 13.2. The van der Waals surface area contributed by atoms with E-state index in [1.807, 2.05) is 18.2 Å². The molecule has 0 radical (unpaired) electrons.